The summed E-state index contributed by atoms with van der Waals surface area (Å²) in [6.45, 7) is 5.64. The van der Waals surface area contributed by atoms with Gasteiger partial charge in [0.05, 0.1) is 0 Å². The average Bonchev–Trinajstić information content (AvgIpc) is 3.09. The van der Waals surface area contributed by atoms with E-state index in [2.05, 4.69) is 134 Å². The van der Waals surface area contributed by atoms with Crippen molar-refractivity contribution in [3.8, 4) is 22.3 Å². The van der Waals surface area contributed by atoms with Crippen LogP contribution in [0.2, 0.25) is 13.1 Å². The SMILES string of the molecule is C[Si]1(C)c2ccccc2B2c3c(cccc31)-c1ccc3cc4c5c(ccc6cc2c1c3c65)-c1cccc2c1B4c1ccccc1C2. The van der Waals surface area contributed by atoms with Crippen molar-refractivity contribution in [3.63, 3.8) is 0 Å². The maximum atomic E-state index is 2.59. The zero-order chi connectivity index (χ0) is 30.1. The highest BCUT2D eigenvalue weighted by Gasteiger charge is 2.46. The van der Waals surface area contributed by atoms with E-state index < -0.39 is 8.07 Å². The Morgan fingerprint density at radius 1 is 0.435 bits per heavy atom. The second-order valence-electron chi connectivity index (χ2n) is 14.7. The molecule has 4 aliphatic rings. The minimum atomic E-state index is -1.85. The molecule has 210 valence electrons. The normalized spacial score (nSPS) is 15.6. The molecule has 0 saturated carbocycles. The van der Waals surface area contributed by atoms with Gasteiger partial charge in [-0.05, 0) is 72.1 Å². The first kappa shape index (κ1) is 24.4. The Hall–Kier alpha value is -4.85. The summed E-state index contributed by atoms with van der Waals surface area (Å²) in [7, 11) is -1.85. The molecule has 0 unspecified atom stereocenters. The highest BCUT2D eigenvalue weighted by molar-refractivity contribution is 7.15. The van der Waals surface area contributed by atoms with Gasteiger partial charge in [-0.2, -0.15) is 0 Å². The minimum Gasteiger partial charge on any atom is -0.0689 e. The standard InChI is InChI=1S/C43H28B2Si/c1-46(2)36-15-6-5-14-33(36)45-35-23-26-17-19-28-30-11-7-10-27-21-24-9-3-4-13-32(24)44(42(27)30)34-22-25-18-20-29(31-12-8-16-37(46)43(31)45)41(35)39(25)38(26)40(28)34/h3-20,22-23H,21H2,1-2H3. The molecule has 0 saturated heterocycles. The van der Waals surface area contributed by atoms with E-state index >= 15 is 0 Å². The van der Waals surface area contributed by atoms with Crippen LogP contribution in [0.3, 0.4) is 0 Å². The Kier molecular flexibility index (Phi) is 4.20. The van der Waals surface area contributed by atoms with E-state index in [1.54, 1.807) is 15.8 Å². The van der Waals surface area contributed by atoms with Gasteiger partial charge in [-0.3, -0.25) is 0 Å². The monoisotopic (exact) mass is 594 g/mol. The fourth-order valence-corrected chi connectivity index (χ4v) is 13.8. The van der Waals surface area contributed by atoms with Gasteiger partial charge in [-0.15, -0.1) is 0 Å². The molecule has 0 radical (unpaired) electrons. The lowest BCUT2D eigenvalue weighted by molar-refractivity contribution is 1.21. The van der Waals surface area contributed by atoms with Gasteiger partial charge in [0, 0.05) is 0 Å². The van der Waals surface area contributed by atoms with E-state index in [4.69, 9.17) is 0 Å². The van der Waals surface area contributed by atoms with Crippen LogP contribution in [0.15, 0.2) is 121 Å². The summed E-state index contributed by atoms with van der Waals surface area (Å²) in [5.41, 5.74) is 17.8. The summed E-state index contributed by atoms with van der Waals surface area (Å²) < 4.78 is 0. The van der Waals surface area contributed by atoms with E-state index in [1.165, 1.54) is 93.0 Å². The van der Waals surface area contributed by atoms with Crippen molar-refractivity contribution in [2.24, 2.45) is 0 Å². The summed E-state index contributed by atoms with van der Waals surface area (Å²) in [6.07, 6.45) is 1.02. The fraction of sp³-hybridized carbons (Fsp3) is 0.0698. The quantitative estimate of drug-likeness (QED) is 0.178. The Labute approximate surface area is 270 Å². The van der Waals surface area contributed by atoms with Crippen LogP contribution in [-0.4, -0.2) is 21.5 Å². The van der Waals surface area contributed by atoms with Gasteiger partial charge in [0.25, 0.3) is 0 Å². The van der Waals surface area contributed by atoms with Crippen molar-refractivity contribution < 1.29 is 0 Å². The van der Waals surface area contributed by atoms with Gasteiger partial charge in [-0.25, -0.2) is 0 Å². The van der Waals surface area contributed by atoms with E-state index in [0.717, 1.165) is 6.42 Å². The first-order chi connectivity index (χ1) is 22.6. The Bertz CT molecular complexity index is 2720. The molecule has 0 aliphatic carbocycles. The lowest BCUT2D eigenvalue weighted by Crippen LogP contribution is -2.77. The number of rotatable bonds is 0. The zero-order valence-corrected chi connectivity index (χ0v) is 26.9. The third-order valence-electron chi connectivity index (χ3n) is 12.4. The lowest BCUT2D eigenvalue weighted by Gasteiger charge is -2.41. The molecular formula is C43H28B2Si. The van der Waals surface area contributed by atoms with Crippen LogP contribution in [-0.2, 0) is 6.42 Å². The molecule has 0 atom stereocenters. The number of benzene rings is 8. The van der Waals surface area contributed by atoms with Crippen molar-refractivity contribution in [3.05, 3.63) is 132 Å². The maximum Gasteiger partial charge on any atom is 0.243 e. The topological polar surface area (TPSA) is 0 Å². The van der Waals surface area contributed by atoms with Crippen molar-refractivity contribution in [2.75, 3.05) is 0 Å². The van der Waals surface area contributed by atoms with E-state index in [9.17, 15) is 0 Å². The largest absolute Gasteiger partial charge is 0.243 e. The van der Waals surface area contributed by atoms with Gasteiger partial charge in [-0.1, -0.05) is 178 Å². The summed E-state index contributed by atoms with van der Waals surface area (Å²) in [6, 6.07) is 47.8. The van der Waals surface area contributed by atoms with Crippen LogP contribution in [0.4, 0.5) is 0 Å². The zero-order valence-electron chi connectivity index (χ0n) is 25.9. The van der Waals surface area contributed by atoms with Gasteiger partial charge in [0.1, 0.15) is 8.07 Å². The molecule has 3 heteroatoms. The van der Waals surface area contributed by atoms with Crippen molar-refractivity contribution in [1.82, 2.24) is 0 Å². The highest BCUT2D eigenvalue weighted by Crippen LogP contribution is 2.44. The Balaban J connectivity index is 1.27. The molecule has 0 fully saturated rings. The van der Waals surface area contributed by atoms with E-state index in [0.29, 0.717) is 0 Å². The predicted molar refractivity (Wildman–Crippen MR) is 203 cm³/mol. The fourth-order valence-electron chi connectivity index (χ4n) is 10.6. The van der Waals surface area contributed by atoms with Crippen LogP contribution < -0.4 is 43.2 Å². The first-order valence-corrected chi connectivity index (χ1v) is 19.8. The van der Waals surface area contributed by atoms with Crippen LogP contribution in [0.25, 0.3) is 54.6 Å². The summed E-state index contributed by atoms with van der Waals surface area (Å²) in [5, 5.41) is 11.8. The van der Waals surface area contributed by atoms with E-state index in [-0.39, 0.29) is 13.4 Å². The molecule has 8 aromatic carbocycles. The number of hydrogen-bond donors (Lipinski definition) is 0. The smallest absolute Gasteiger partial charge is 0.0689 e. The Morgan fingerprint density at radius 3 is 1.74 bits per heavy atom. The molecule has 4 aliphatic heterocycles. The number of hydrogen-bond acceptors (Lipinski definition) is 0. The lowest BCUT2D eigenvalue weighted by atomic mass is 9.30. The first-order valence-electron chi connectivity index (χ1n) is 16.8. The second kappa shape index (κ2) is 7.92. The van der Waals surface area contributed by atoms with Gasteiger partial charge >= 0.3 is 0 Å². The molecule has 4 heterocycles. The Morgan fingerprint density at radius 2 is 1.00 bits per heavy atom. The van der Waals surface area contributed by atoms with Gasteiger partial charge < -0.3 is 0 Å². The second-order valence-corrected chi connectivity index (χ2v) is 19.0. The van der Waals surface area contributed by atoms with Crippen molar-refractivity contribution >= 4 is 97.0 Å². The van der Waals surface area contributed by atoms with Crippen LogP contribution in [0.5, 0.6) is 0 Å². The summed E-state index contributed by atoms with van der Waals surface area (Å²) in [5.74, 6) is 0. The maximum absolute atomic E-state index is 2.59. The number of fused-ring (bicyclic) bond motifs is 8. The van der Waals surface area contributed by atoms with Gasteiger partial charge in [0.2, 0.25) is 13.4 Å². The van der Waals surface area contributed by atoms with Gasteiger partial charge in [0.15, 0.2) is 0 Å². The molecule has 12 rings (SSSR count). The third-order valence-corrected chi connectivity index (χ3v) is 16.0. The summed E-state index contributed by atoms with van der Waals surface area (Å²) in [4.78, 5) is 0. The minimum absolute atomic E-state index is 0.269. The van der Waals surface area contributed by atoms with Crippen LogP contribution in [0.1, 0.15) is 11.1 Å². The molecule has 0 aromatic heterocycles. The molecule has 8 aromatic rings. The molecule has 0 bridgehead atoms. The predicted octanol–water partition coefficient (Wildman–Crippen LogP) is 4.62. The third kappa shape index (κ3) is 2.63. The van der Waals surface area contributed by atoms with E-state index in [1.807, 2.05) is 0 Å². The highest BCUT2D eigenvalue weighted by atomic mass is 28.3. The molecule has 0 spiro atoms. The molecule has 0 nitrogen and oxygen atoms in total. The van der Waals surface area contributed by atoms with Crippen molar-refractivity contribution in [2.45, 2.75) is 19.5 Å². The molecule has 0 amide bonds. The van der Waals surface area contributed by atoms with Crippen LogP contribution >= 0.6 is 0 Å². The molecular weight excluding hydrogens is 566 g/mol. The van der Waals surface area contributed by atoms with Crippen molar-refractivity contribution in [1.29, 1.82) is 0 Å². The average molecular weight is 594 g/mol. The molecule has 0 N–H and O–H groups in total. The van der Waals surface area contributed by atoms with Crippen LogP contribution in [0, 0.1) is 0 Å². The summed E-state index contributed by atoms with van der Waals surface area (Å²) >= 11 is 0. The molecule has 46 heavy (non-hydrogen) atoms.